The summed E-state index contributed by atoms with van der Waals surface area (Å²) in [6.45, 7) is 4.91. The van der Waals surface area contributed by atoms with E-state index in [0.29, 0.717) is 12.5 Å². The largest absolute Gasteiger partial charge is 0.364 e. The van der Waals surface area contributed by atoms with Crippen molar-refractivity contribution in [2.24, 2.45) is 11.8 Å². The Hall–Kier alpha value is -1.96. The quantitative estimate of drug-likeness (QED) is 0.361. The summed E-state index contributed by atoms with van der Waals surface area (Å²) in [5, 5.41) is 14.1. The molecule has 1 aromatic rings. The summed E-state index contributed by atoms with van der Waals surface area (Å²) in [5.74, 6) is 5.91. The number of nitrogens with zero attached hydrogens (tertiary/aromatic N) is 3. The van der Waals surface area contributed by atoms with E-state index in [-0.39, 0.29) is 17.3 Å². The van der Waals surface area contributed by atoms with Gasteiger partial charge in [0.25, 0.3) is 0 Å². The van der Waals surface area contributed by atoms with Gasteiger partial charge in [0, 0.05) is 6.54 Å². The molecule has 0 amide bonds. The second-order valence-corrected chi connectivity index (χ2v) is 4.62. The maximum atomic E-state index is 11.1. The molecule has 0 aromatic carbocycles. The van der Waals surface area contributed by atoms with E-state index >= 15 is 0 Å². The van der Waals surface area contributed by atoms with Gasteiger partial charge in [-0.2, -0.15) is 0 Å². The van der Waals surface area contributed by atoms with E-state index in [0.717, 1.165) is 25.7 Å². The first-order valence-electron chi connectivity index (χ1n) is 6.83. The number of unbranched alkanes of at least 4 members (excludes halogenated alkanes) is 1. The number of hydrogen-bond acceptors (Lipinski definition) is 7. The molecule has 8 heteroatoms. The maximum Gasteiger partial charge on any atom is 0.354 e. The lowest BCUT2D eigenvalue weighted by atomic mass is 9.99. The molecule has 1 rings (SSSR count). The number of hydrazine groups is 1. The number of nitrogen functional groups attached to an aromatic ring is 1. The first kappa shape index (κ1) is 16.1. The lowest BCUT2D eigenvalue weighted by molar-refractivity contribution is -0.383. The van der Waals surface area contributed by atoms with Gasteiger partial charge in [-0.05, 0) is 12.3 Å². The van der Waals surface area contributed by atoms with Crippen molar-refractivity contribution in [1.29, 1.82) is 0 Å². The second kappa shape index (κ2) is 8.26. The van der Waals surface area contributed by atoms with Gasteiger partial charge in [-0.15, -0.1) is 0 Å². The highest BCUT2D eigenvalue weighted by molar-refractivity contribution is 5.68. The van der Waals surface area contributed by atoms with Crippen molar-refractivity contribution in [1.82, 2.24) is 9.97 Å². The van der Waals surface area contributed by atoms with Gasteiger partial charge in [0.15, 0.2) is 0 Å². The van der Waals surface area contributed by atoms with Gasteiger partial charge >= 0.3 is 5.69 Å². The van der Waals surface area contributed by atoms with Crippen LogP contribution in [-0.2, 0) is 0 Å². The van der Waals surface area contributed by atoms with Crippen LogP contribution in [0.5, 0.6) is 0 Å². The lowest BCUT2D eigenvalue weighted by Crippen LogP contribution is -2.17. The van der Waals surface area contributed by atoms with Gasteiger partial charge in [-0.3, -0.25) is 10.1 Å². The fourth-order valence-corrected chi connectivity index (χ4v) is 1.97. The van der Waals surface area contributed by atoms with Crippen LogP contribution in [0.15, 0.2) is 6.33 Å². The van der Waals surface area contributed by atoms with Gasteiger partial charge in [0.2, 0.25) is 11.6 Å². The van der Waals surface area contributed by atoms with E-state index < -0.39 is 4.92 Å². The maximum absolute atomic E-state index is 11.1. The van der Waals surface area contributed by atoms with Crippen molar-refractivity contribution < 1.29 is 4.92 Å². The van der Waals surface area contributed by atoms with Crippen LogP contribution >= 0.6 is 0 Å². The Kier molecular flexibility index (Phi) is 6.65. The van der Waals surface area contributed by atoms with Crippen LogP contribution < -0.4 is 16.6 Å². The van der Waals surface area contributed by atoms with E-state index in [1.165, 1.54) is 6.33 Å². The van der Waals surface area contributed by atoms with Crippen LogP contribution in [0.3, 0.4) is 0 Å². The van der Waals surface area contributed by atoms with Crippen molar-refractivity contribution >= 4 is 17.3 Å². The van der Waals surface area contributed by atoms with Gasteiger partial charge in [0.05, 0.1) is 4.92 Å². The van der Waals surface area contributed by atoms with Crippen LogP contribution in [-0.4, -0.2) is 21.4 Å². The molecule has 1 unspecified atom stereocenters. The smallest absolute Gasteiger partial charge is 0.354 e. The first-order chi connectivity index (χ1) is 9.63. The zero-order chi connectivity index (χ0) is 15.0. The molecular weight excluding hydrogens is 260 g/mol. The molecule has 0 spiro atoms. The molecule has 0 aliphatic carbocycles. The minimum absolute atomic E-state index is 0.00843. The number of nitrogens with two attached hydrogens (primary N) is 1. The number of rotatable bonds is 9. The van der Waals surface area contributed by atoms with Crippen LogP contribution in [0.2, 0.25) is 0 Å². The highest BCUT2D eigenvalue weighted by Crippen LogP contribution is 2.28. The summed E-state index contributed by atoms with van der Waals surface area (Å²) < 4.78 is 0. The number of hydrogen-bond donors (Lipinski definition) is 3. The Morgan fingerprint density at radius 2 is 2.10 bits per heavy atom. The third-order valence-electron chi connectivity index (χ3n) is 3.24. The predicted molar refractivity (Wildman–Crippen MR) is 78.3 cm³/mol. The highest BCUT2D eigenvalue weighted by atomic mass is 16.6. The minimum atomic E-state index is -0.537. The van der Waals surface area contributed by atoms with Crippen LogP contribution in [0.1, 0.15) is 39.5 Å². The van der Waals surface area contributed by atoms with E-state index in [9.17, 15) is 10.1 Å². The summed E-state index contributed by atoms with van der Waals surface area (Å²) in [5.41, 5.74) is 2.00. The standard InChI is InChI=1S/C12H22N6O2/c1-3-5-6-9(4-2)7-14-11-10(18(19)20)12(17-13)16-8-15-11/h8-9H,3-7,13H2,1-2H3,(H2,14,15,16,17). The molecule has 0 aliphatic heterocycles. The van der Waals surface area contributed by atoms with E-state index in [1.807, 2.05) is 0 Å². The fraction of sp³-hybridized carbons (Fsp3) is 0.667. The van der Waals surface area contributed by atoms with E-state index in [1.54, 1.807) is 0 Å². The number of aromatic nitrogens is 2. The Labute approximate surface area is 118 Å². The Morgan fingerprint density at radius 3 is 2.65 bits per heavy atom. The Morgan fingerprint density at radius 1 is 1.40 bits per heavy atom. The summed E-state index contributed by atoms with van der Waals surface area (Å²) in [6.07, 6.45) is 5.67. The van der Waals surface area contributed by atoms with Gasteiger partial charge in [-0.25, -0.2) is 15.8 Å². The fourth-order valence-electron chi connectivity index (χ4n) is 1.97. The topological polar surface area (TPSA) is 119 Å². The molecule has 112 valence electrons. The molecule has 8 nitrogen and oxygen atoms in total. The molecule has 0 radical (unpaired) electrons. The van der Waals surface area contributed by atoms with Gasteiger partial charge < -0.3 is 10.7 Å². The van der Waals surface area contributed by atoms with E-state index in [4.69, 9.17) is 5.84 Å². The summed E-state index contributed by atoms with van der Waals surface area (Å²) >= 11 is 0. The van der Waals surface area contributed by atoms with Crippen LogP contribution in [0, 0.1) is 16.0 Å². The average Bonchev–Trinajstić information content (AvgIpc) is 2.46. The average molecular weight is 282 g/mol. The first-order valence-corrected chi connectivity index (χ1v) is 6.83. The van der Waals surface area contributed by atoms with Crippen LogP contribution in [0.4, 0.5) is 17.3 Å². The molecule has 1 aromatic heterocycles. The van der Waals surface area contributed by atoms with Crippen molar-refractivity contribution in [3.63, 3.8) is 0 Å². The monoisotopic (exact) mass is 282 g/mol. The molecule has 1 heterocycles. The van der Waals surface area contributed by atoms with Gasteiger partial charge in [-0.1, -0.05) is 33.1 Å². The molecular formula is C12H22N6O2. The Balaban J connectivity index is 2.78. The van der Waals surface area contributed by atoms with Crippen molar-refractivity contribution in [2.45, 2.75) is 39.5 Å². The zero-order valence-electron chi connectivity index (χ0n) is 11.9. The third kappa shape index (κ3) is 4.30. The lowest BCUT2D eigenvalue weighted by Gasteiger charge is -2.15. The van der Waals surface area contributed by atoms with Gasteiger partial charge in [0.1, 0.15) is 6.33 Å². The molecule has 0 aliphatic rings. The van der Waals surface area contributed by atoms with Crippen molar-refractivity contribution in [2.75, 3.05) is 17.3 Å². The summed E-state index contributed by atoms with van der Waals surface area (Å²) in [7, 11) is 0. The molecule has 0 saturated heterocycles. The molecule has 0 bridgehead atoms. The predicted octanol–water partition coefficient (Wildman–Crippen LogP) is 2.30. The normalized spacial score (nSPS) is 11.9. The SMILES string of the molecule is CCCCC(CC)CNc1ncnc(NN)c1[N+](=O)[O-]. The summed E-state index contributed by atoms with van der Waals surface area (Å²) in [4.78, 5) is 18.2. The second-order valence-electron chi connectivity index (χ2n) is 4.62. The number of anilines is 2. The number of nitrogens with one attached hydrogen (secondary N) is 2. The molecule has 20 heavy (non-hydrogen) atoms. The van der Waals surface area contributed by atoms with Crippen molar-refractivity contribution in [3.8, 4) is 0 Å². The minimum Gasteiger partial charge on any atom is -0.364 e. The molecule has 0 saturated carbocycles. The van der Waals surface area contributed by atoms with Crippen LogP contribution in [0.25, 0.3) is 0 Å². The summed E-state index contributed by atoms with van der Waals surface area (Å²) in [6, 6.07) is 0. The Bertz CT molecular complexity index is 440. The number of nitro groups is 1. The molecule has 1 atom stereocenters. The molecule has 0 fully saturated rings. The van der Waals surface area contributed by atoms with Crippen molar-refractivity contribution in [3.05, 3.63) is 16.4 Å². The zero-order valence-corrected chi connectivity index (χ0v) is 11.9. The highest BCUT2D eigenvalue weighted by Gasteiger charge is 2.22. The van der Waals surface area contributed by atoms with E-state index in [2.05, 4.69) is 34.6 Å². The molecule has 4 N–H and O–H groups in total. The third-order valence-corrected chi connectivity index (χ3v) is 3.24.